The molecule has 0 spiro atoms. The average Bonchev–Trinajstić information content (AvgIpc) is 3.20. The van der Waals surface area contributed by atoms with Crippen molar-refractivity contribution in [3.05, 3.63) is 94.7 Å². The highest BCUT2D eigenvalue weighted by molar-refractivity contribution is 7.13. The number of para-hydroxylation sites is 3. The molecular weight excluding hydrogens is 423 g/mol. The molecule has 0 aliphatic carbocycles. The third kappa shape index (κ3) is 4.84. The van der Waals surface area contributed by atoms with Crippen molar-refractivity contribution in [2.45, 2.75) is 6.42 Å². The number of halogens is 2. The van der Waals surface area contributed by atoms with Crippen LogP contribution in [0.3, 0.4) is 0 Å². The number of hydrogen-bond acceptors (Lipinski definition) is 4. The molecule has 0 atom stereocenters. The highest BCUT2D eigenvalue weighted by atomic mass is 35.5. The maximum absolute atomic E-state index is 13.1. The molecule has 0 saturated heterocycles. The molecular formula is C23H16ClFN2O2S. The largest absolute Gasteiger partial charge is 0.454 e. The Bertz CT molecular complexity index is 1180. The van der Waals surface area contributed by atoms with Crippen LogP contribution in [-0.2, 0) is 11.2 Å². The number of hydrogen-bond donors (Lipinski definition) is 1. The van der Waals surface area contributed by atoms with Crippen molar-refractivity contribution in [3.8, 4) is 22.1 Å². The Kier molecular flexibility index (Phi) is 6.07. The molecule has 30 heavy (non-hydrogen) atoms. The first-order valence-corrected chi connectivity index (χ1v) is 10.4. The molecule has 0 fully saturated rings. The van der Waals surface area contributed by atoms with Crippen molar-refractivity contribution < 1.29 is 13.9 Å². The van der Waals surface area contributed by atoms with Crippen molar-refractivity contribution in [1.82, 2.24) is 4.98 Å². The summed E-state index contributed by atoms with van der Waals surface area (Å²) < 4.78 is 19.0. The minimum Gasteiger partial charge on any atom is -0.454 e. The molecule has 1 heterocycles. The summed E-state index contributed by atoms with van der Waals surface area (Å²) >= 11 is 7.57. The van der Waals surface area contributed by atoms with Gasteiger partial charge in [0.2, 0.25) is 5.91 Å². The van der Waals surface area contributed by atoms with Gasteiger partial charge in [-0.15, -0.1) is 11.3 Å². The number of nitrogens with zero attached hydrogens (tertiary/aromatic N) is 1. The zero-order valence-corrected chi connectivity index (χ0v) is 17.2. The minimum atomic E-state index is -0.299. The van der Waals surface area contributed by atoms with E-state index in [1.807, 2.05) is 29.6 Å². The van der Waals surface area contributed by atoms with E-state index in [4.69, 9.17) is 16.3 Å². The Balaban J connectivity index is 1.45. The van der Waals surface area contributed by atoms with E-state index < -0.39 is 0 Å². The molecule has 4 rings (SSSR count). The number of aromatic nitrogens is 1. The predicted octanol–water partition coefficient (Wildman–Crippen LogP) is 6.58. The summed E-state index contributed by atoms with van der Waals surface area (Å²) in [7, 11) is 0. The normalized spacial score (nSPS) is 10.6. The molecule has 0 aliphatic heterocycles. The first-order valence-electron chi connectivity index (χ1n) is 9.10. The lowest BCUT2D eigenvalue weighted by molar-refractivity contribution is -0.115. The van der Waals surface area contributed by atoms with Gasteiger partial charge in [-0.25, -0.2) is 9.37 Å². The molecule has 150 valence electrons. The van der Waals surface area contributed by atoms with Crippen molar-refractivity contribution in [3.63, 3.8) is 0 Å². The number of anilines is 1. The van der Waals surface area contributed by atoms with Crippen molar-refractivity contribution in [2.75, 3.05) is 5.32 Å². The molecule has 1 amide bonds. The van der Waals surface area contributed by atoms with E-state index in [1.165, 1.54) is 23.5 Å². The molecule has 0 bridgehead atoms. The number of carbonyl (C=O) groups excluding carboxylic acids is 1. The lowest BCUT2D eigenvalue weighted by atomic mass is 10.2. The molecule has 0 saturated carbocycles. The molecule has 1 N–H and O–H groups in total. The van der Waals surface area contributed by atoms with Gasteiger partial charge >= 0.3 is 0 Å². The Morgan fingerprint density at radius 2 is 1.70 bits per heavy atom. The third-order valence-electron chi connectivity index (χ3n) is 4.20. The summed E-state index contributed by atoms with van der Waals surface area (Å²) in [4.78, 5) is 17.0. The zero-order valence-electron chi connectivity index (χ0n) is 15.6. The monoisotopic (exact) mass is 438 g/mol. The van der Waals surface area contributed by atoms with Crippen LogP contribution in [0.2, 0.25) is 5.02 Å². The summed E-state index contributed by atoms with van der Waals surface area (Å²) in [5.74, 6) is 0.474. The maximum Gasteiger partial charge on any atom is 0.230 e. The fourth-order valence-corrected chi connectivity index (χ4v) is 3.78. The lowest BCUT2D eigenvalue weighted by Crippen LogP contribution is -2.15. The number of thiazole rings is 1. The standard InChI is InChI=1S/C23H16ClFN2O2S/c24-18-5-1-3-7-20(18)29-21-8-4-2-6-19(21)27-22(28)13-17-14-30-23(26-17)15-9-11-16(25)12-10-15/h1-12,14H,13H2,(H,27,28). The number of benzene rings is 3. The summed E-state index contributed by atoms with van der Waals surface area (Å²) in [6.45, 7) is 0. The Labute approximate surface area is 181 Å². The van der Waals surface area contributed by atoms with Crippen LogP contribution in [0.5, 0.6) is 11.5 Å². The van der Waals surface area contributed by atoms with Gasteiger partial charge in [0, 0.05) is 10.9 Å². The number of rotatable bonds is 6. The Morgan fingerprint density at radius 3 is 2.47 bits per heavy atom. The highest BCUT2D eigenvalue weighted by Gasteiger charge is 2.13. The van der Waals surface area contributed by atoms with Crippen LogP contribution in [0.25, 0.3) is 10.6 Å². The first-order chi connectivity index (χ1) is 14.6. The van der Waals surface area contributed by atoms with E-state index in [0.29, 0.717) is 27.9 Å². The Hall–Kier alpha value is -3.22. The predicted molar refractivity (Wildman–Crippen MR) is 118 cm³/mol. The number of nitrogens with one attached hydrogen (secondary N) is 1. The summed E-state index contributed by atoms with van der Waals surface area (Å²) in [6, 6.07) is 20.4. The lowest BCUT2D eigenvalue weighted by Gasteiger charge is -2.12. The van der Waals surface area contributed by atoms with Crippen molar-refractivity contribution in [1.29, 1.82) is 0 Å². The van der Waals surface area contributed by atoms with E-state index in [0.717, 1.165) is 10.6 Å². The van der Waals surface area contributed by atoms with Crippen molar-refractivity contribution in [2.24, 2.45) is 0 Å². The molecule has 0 unspecified atom stereocenters. The van der Waals surface area contributed by atoms with Gasteiger partial charge < -0.3 is 10.1 Å². The van der Waals surface area contributed by atoms with Crippen LogP contribution in [0.1, 0.15) is 5.69 Å². The van der Waals surface area contributed by atoms with Crippen molar-refractivity contribution >= 4 is 34.5 Å². The van der Waals surface area contributed by atoms with E-state index in [2.05, 4.69) is 10.3 Å². The quantitative estimate of drug-likeness (QED) is 0.370. The van der Waals surface area contributed by atoms with Crippen LogP contribution >= 0.6 is 22.9 Å². The number of ether oxygens (including phenoxy) is 1. The molecule has 1 aromatic heterocycles. The van der Waals surface area contributed by atoms with E-state index >= 15 is 0 Å². The van der Waals surface area contributed by atoms with E-state index in [1.54, 1.807) is 36.4 Å². The summed E-state index contributed by atoms with van der Waals surface area (Å²) in [6.07, 6.45) is 0.109. The molecule has 3 aromatic carbocycles. The molecule has 4 nitrogen and oxygen atoms in total. The topological polar surface area (TPSA) is 51.2 Å². The number of amides is 1. The van der Waals surface area contributed by atoms with Gasteiger partial charge in [0.15, 0.2) is 5.75 Å². The van der Waals surface area contributed by atoms with Crippen LogP contribution in [-0.4, -0.2) is 10.9 Å². The van der Waals surface area contributed by atoms with Gasteiger partial charge in [0.25, 0.3) is 0 Å². The van der Waals surface area contributed by atoms with Crippen LogP contribution in [0, 0.1) is 5.82 Å². The summed E-state index contributed by atoms with van der Waals surface area (Å²) in [5.41, 5.74) is 1.99. The SMILES string of the molecule is O=C(Cc1csc(-c2ccc(F)cc2)n1)Nc1ccccc1Oc1ccccc1Cl. The van der Waals surface area contributed by atoms with Crippen LogP contribution < -0.4 is 10.1 Å². The van der Waals surface area contributed by atoms with E-state index in [9.17, 15) is 9.18 Å². The molecule has 0 aliphatic rings. The third-order valence-corrected chi connectivity index (χ3v) is 5.45. The first kappa shape index (κ1) is 20.1. The average molecular weight is 439 g/mol. The second-order valence-corrected chi connectivity index (χ2v) is 7.67. The van der Waals surface area contributed by atoms with Gasteiger partial charge in [0.1, 0.15) is 16.6 Å². The van der Waals surface area contributed by atoms with Gasteiger partial charge in [-0.1, -0.05) is 35.9 Å². The molecule has 7 heteroatoms. The van der Waals surface area contributed by atoms with Gasteiger partial charge in [-0.2, -0.15) is 0 Å². The smallest absolute Gasteiger partial charge is 0.230 e. The van der Waals surface area contributed by atoms with Gasteiger partial charge in [-0.3, -0.25) is 4.79 Å². The second-order valence-electron chi connectivity index (χ2n) is 6.40. The van der Waals surface area contributed by atoms with Crippen LogP contribution in [0.15, 0.2) is 78.2 Å². The van der Waals surface area contributed by atoms with Gasteiger partial charge in [-0.05, 0) is 48.5 Å². The fraction of sp³-hybridized carbons (Fsp3) is 0.0435. The van der Waals surface area contributed by atoms with Crippen LogP contribution in [0.4, 0.5) is 10.1 Å². The minimum absolute atomic E-state index is 0.109. The maximum atomic E-state index is 13.1. The summed E-state index contributed by atoms with van der Waals surface area (Å²) in [5, 5.41) is 5.90. The fourth-order valence-electron chi connectivity index (χ4n) is 2.78. The number of carbonyl (C=O) groups is 1. The second kappa shape index (κ2) is 9.07. The van der Waals surface area contributed by atoms with E-state index in [-0.39, 0.29) is 18.1 Å². The highest BCUT2D eigenvalue weighted by Crippen LogP contribution is 2.33. The zero-order chi connectivity index (χ0) is 20.9. The molecule has 0 radical (unpaired) electrons. The van der Waals surface area contributed by atoms with Gasteiger partial charge in [0.05, 0.1) is 22.8 Å². The Morgan fingerprint density at radius 1 is 1.00 bits per heavy atom. The molecule has 4 aromatic rings.